The van der Waals surface area contributed by atoms with Gasteiger partial charge in [-0.2, -0.15) is 0 Å². The number of aryl methyl sites for hydroxylation is 2. The van der Waals surface area contributed by atoms with E-state index in [0.29, 0.717) is 12.5 Å². The van der Waals surface area contributed by atoms with Gasteiger partial charge in [-0.3, -0.25) is 9.69 Å². The average molecular weight is 376 g/mol. The predicted octanol–water partition coefficient (Wildman–Crippen LogP) is 1.27. The second-order valence-corrected chi connectivity index (χ2v) is 8.03. The summed E-state index contributed by atoms with van der Waals surface area (Å²) < 4.78 is 5.35. The van der Waals surface area contributed by atoms with Gasteiger partial charge in [-0.1, -0.05) is 13.8 Å². The summed E-state index contributed by atoms with van der Waals surface area (Å²) in [6.45, 7) is 15.3. The van der Waals surface area contributed by atoms with Crippen LogP contribution >= 0.6 is 0 Å². The van der Waals surface area contributed by atoms with Crippen molar-refractivity contribution in [2.75, 3.05) is 63.9 Å². The molecule has 0 atom stereocenters. The second kappa shape index (κ2) is 8.97. The summed E-state index contributed by atoms with van der Waals surface area (Å²) in [6.07, 6.45) is 1.02. The number of hydrogen-bond donors (Lipinski definition) is 0. The Morgan fingerprint density at radius 3 is 2.15 bits per heavy atom. The monoisotopic (exact) mass is 375 g/mol. The van der Waals surface area contributed by atoms with Gasteiger partial charge in [0.25, 0.3) is 0 Å². The number of rotatable bonds is 5. The van der Waals surface area contributed by atoms with Crippen LogP contribution in [0.3, 0.4) is 0 Å². The molecule has 0 saturated carbocycles. The van der Waals surface area contributed by atoms with E-state index < -0.39 is 0 Å². The molecule has 7 nitrogen and oxygen atoms in total. The molecule has 1 amide bonds. The predicted molar refractivity (Wildman–Crippen MR) is 106 cm³/mol. The molecule has 2 aliphatic rings. The number of aromatic nitrogens is 2. The molecule has 3 heterocycles. The zero-order valence-corrected chi connectivity index (χ0v) is 17.2. The van der Waals surface area contributed by atoms with Gasteiger partial charge < -0.3 is 14.5 Å². The lowest BCUT2D eigenvalue weighted by Crippen LogP contribution is -2.52. The number of anilines is 1. The molecule has 7 heteroatoms. The number of ether oxygens (including phenoxy) is 1. The highest BCUT2D eigenvalue weighted by atomic mass is 16.5. The standard InChI is InChI=1S/C20H33N5O2/c1-15(2)13-18-16(3)21-20(22-17(18)4)25-7-5-24(6-8-25)19(26)14-23-9-11-27-12-10-23/h15H,5-14H2,1-4H3. The van der Waals surface area contributed by atoms with Gasteiger partial charge in [-0.15, -0.1) is 0 Å². The molecule has 3 rings (SSSR count). The van der Waals surface area contributed by atoms with Gasteiger partial charge in [0, 0.05) is 50.7 Å². The van der Waals surface area contributed by atoms with Gasteiger partial charge in [-0.05, 0) is 31.7 Å². The van der Waals surface area contributed by atoms with Crippen LogP contribution in [0.25, 0.3) is 0 Å². The summed E-state index contributed by atoms with van der Waals surface area (Å²) in [5, 5.41) is 0. The number of hydrogen-bond acceptors (Lipinski definition) is 6. The minimum atomic E-state index is 0.220. The fraction of sp³-hybridized carbons (Fsp3) is 0.750. The van der Waals surface area contributed by atoms with Crippen LogP contribution in [-0.4, -0.2) is 84.7 Å². The molecule has 2 saturated heterocycles. The molecule has 0 aliphatic carbocycles. The first-order valence-electron chi connectivity index (χ1n) is 10.1. The van der Waals surface area contributed by atoms with Crippen LogP contribution in [0.1, 0.15) is 30.8 Å². The Kier molecular flexibility index (Phi) is 6.65. The normalized spacial score (nSPS) is 19.0. The molecule has 0 aromatic carbocycles. The van der Waals surface area contributed by atoms with Crippen LogP contribution in [0.5, 0.6) is 0 Å². The highest BCUT2D eigenvalue weighted by Gasteiger charge is 2.25. The Hall–Kier alpha value is -1.73. The molecular formula is C20H33N5O2. The molecule has 0 bridgehead atoms. The quantitative estimate of drug-likeness (QED) is 0.772. The summed E-state index contributed by atoms with van der Waals surface area (Å²) in [5.41, 5.74) is 3.43. The molecule has 1 aromatic heterocycles. The van der Waals surface area contributed by atoms with Gasteiger partial charge in [0.1, 0.15) is 0 Å². The first-order chi connectivity index (χ1) is 12.9. The lowest BCUT2D eigenvalue weighted by molar-refractivity contribution is -0.133. The maximum absolute atomic E-state index is 12.6. The molecule has 0 radical (unpaired) electrons. The number of morpholine rings is 1. The van der Waals surface area contributed by atoms with Crippen molar-refractivity contribution in [3.05, 3.63) is 17.0 Å². The minimum Gasteiger partial charge on any atom is -0.379 e. The van der Waals surface area contributed by atoms with Crippen molar-refractivity contribution in [2.45, 2.75) is 34.1 Å². The Balaban J connectivity index is 1.56. The smallest absolute Gasteiger partial charge is 0.236 e. The summed E-state index contributed by atoms with van der Waals surface area (Å²) >= 11 is 0. The first-order valence-corrected chi connectivity index (χ1v) is 10.1. The van der Waals surface area contributed by atoms with Crippen LogP contribution in [0.4, 0.5) is 5.95 Å². The van der Waals surface area contributed by atoms with Crippen LogP contribution in [-0.2, 0) is 16.0 Å². The van der Waals surface area contributed by atoms with Crippen LogP contribution < -0.4 is 4.90 Å². The van der Waals surface area contributed by atoms with E-state index in [2.05, 4.69) is 37.5 Å². The molecular weight excluding hydrogens is 342 g/mol. The maximum atomic E-state index is 12.6. The van der Waals surface area contributed by atoms with Crippen molar-refractivity contribution in [2.24, 2.45) is 5.92 Å². The zero-order chi connectivity index (χ0) is 19.4. The minimum absolute atomic E-state index is 0.220. The van der Waals surface area contributed by atoms with Crippen LogP contribution in [0, 0.1) is 19.8 Å². The van der Waals surface area contributed by atoms with Gasteiger partial charge in [0.2, 0.25) is 11.9 Å². The molecule has 0 unspecified atom stereocenters. The van der Waals surface area contributed by atoms with Crippen molar-refractivity contribution in [3.63, 3.8) is 0 Å². The Labute approximate surface area is 162 Å². The number of piperazine rings is 1. The molecule has 27 heavy (non-hydrogen) atoms. The van der Waals surface area contributed by atoms with Gasteiger partial charge in [0.15, 0.2) is 0 Å². The van der Waals surface area contributed by atoms with E-state index in [9.17, 15) is 4.79 Å². The average Bonchev–Trinajstić information content (AvgIpc) is 2.65. The lowest BCUT2D eigenvalue weighted by atomic mass is 10.0. The van der Waals surface area contributed by atoms with E-state index in [0.717, 1.165) is 76.2 Å². The van der Waals surface area contributed by atoms with Crippen molar-refractivity contribution in [3.8, 4) is 0 Å². The Bertz CT molecular complexity index is 627. The summed E-state index contributed by atoms with van der Waals surface area (Å²) in [6, 6.07) is 0. The maximum Gasteiger partial charge on any atom is 0.236 e. The summed E-state index contributed by atoms with van der Waals surface area (Å²) in [4.78, 5) is 28.4. The molecule has 0 N–H and O–H groups in total. The van der Waals surface area contributed by atoms with Gasteiger partial charge >= 0.3 is 0 Å². The Morgan fingerprint density at radius 1 is 1.00 bits per heavy atom. The number of carbonyl (C=O) groups excluding carboxylic acids is 1. The largest absolute Gasteiger partial charge is 0.379 e. The third kappa shape index (κ3) is 5.17. The number of amides is 1. The van der Waals surface area contributed by atoms with Crippen molar-refractivity contribution < 1.29 is 9.53 Å². The summed E-state index contributed by atoms with van der Waals surface area (Å²) in [7, 11) is 0. The third-order valence-electron chi connectivity index (χ3n) is 5.40. The molecule has 0 spiro atoms. The topological polar surface area (TPSA) is 61.8 Å². The van der Waals surface area contributed by atoms with Crippen LogP contribution in [0.2, 0.25) is 0 Å². The number of nitrogens with zero attached hydrogens (tertiary/aromatic N) is 5. The molecule has 2 aliphatic heterocycles. The third-order valence-corrected chi connectivity index (χ3v) is 5.40. The molecule has 2 fully saturated rings. The van der Waals surface area contributed by atoms with Crippen LogP contribution in [0.15, 0.2) is 0 Å². The molecule has 1 aromatic rings. The fourth-order valence-corrected chi connectivity index (χ4v) is 3.77. The zero-order valence-electron chi connectivity index (χ0n) is 17.2. The van der Waals surface area contributed by atoms with Crippen molar-refractivity contribution in [1.29, 1.82) is 0 Å². The summed E-state index contributed by atoms with van der Waals surface area (Å²) in [5.74, 6) is 1.62. The van der Waals surface area contributed by atoms with E-state index in [4.69, 9.17) is 14.7 Å². The SMILES string of the molecule is Cc1nc(N2CCN(C(=O)CN3CCOCC3)CC2)nc(C)c1CC(C)C. The van der Waals surface area contributed by atoms with E-state index in [1.54, 1.807) is 0 Å². The van der Waals surface area contributed by atoms with Gasteiger partial charge in [0.05, 0.1) is 19.8 Å². The fourth-order valence-electron chi connectivity index (χ4n) is 3.77. The highest BCUT2D eigenvalue weighted by molar-refractivity contribution is 5.78. The Morgan fingerprint density at radius 2 is 1.59 bits per heavy atom. The second-order valence-electron chi connectivity index (χ2n) is 8.03. The highest BCUT2D eigenvalue weighted by Crippen LogP contribution is 2.20. The lowest BCUT2D eigenvalue weighted by Gasteiger charge is -2.36. The first kappa shape index (κ1) is 20.0. The van der Waals surface area contributed by atoms with E-state index in [1.165, 1.54) is 5.56 Å². The molecule has 150 valence electrons. The van der Waals surface area contributed by atoms with E-state index in [1.807, 2.05) is 4.90 Å². The van der Waals surface area contributed by atoms with E-state index >= 15 is 0 Å². The van der Waals surface area contributed by atoms with Gasteiger partial charge in [-0.25, -0.2) is 9.97 Å². The number of carbonyl (C=O) groups is 1. The van der Waals surface area contributed by atoms with E-state index in [-0.39, 0.29) is 5.91 Å². The van der Waals surface area contributed by atoms with Crippen molar-refractivity contribution >= 4 is 11.9 Å². The van der Waals surface area contributed by atoms with Crippen molar-refractivity contribution in [1.82, 2.24) is 19.8 Å².